The van der Waals surface area contributed by atoms with Gasteiger partial charge in [0.15, 0.2) is 0 Å². The highest BCUT2D eigenvalue weighted by atomic mass is 16.2. The van der Waals surface area contributed by atoms with Crippen LogP contribution < -0.4 is 11.1 Å². The zero-order chi connectivity index (χ0) is 17.9. The molecule has 0 bridgehead atoms. The van der Waals surface area contributed by atoms with Crippen LogP contribution in [0.4, 0.5) is 0 Å². The monoisotopic (exact) mass is 349 g/mol. The Kier molecular flexibility index (Phi) is 5.64. The second-order valence-corrected chi connectivity index (χ2v) is 8.09. The number of hydrogen-bond acceptors (Lipinski definition) is 3. The van der Waals surface area contributed by atoms with Gasteiger partial charge in [-0.05, 0) is 25.7 Å². The smallest absolute Gasteiger partial charge is 0.243 e. The number of nitrogens with one attached hydrogen (secondary N) is 1. The Morgan fingerprint density at radius 1 is 1.00 bits per heavy atom. The second kappa shape index (κ2) is 7.75. The lowest BCUT2D eigenvalue weighted by Crippen LogP contribution is -2.59. The van der Waals surface area contributed by atoms with Gasteiger partial charge in [0.2, 0.25) is 17.7 Å². The minimum atomic E-state index is -0.909. The molecule has 0 aromatic heterocycles. The third kappa shape index (κ3) is 3.98. The molecule has 3 fully saturated rings. The van der Waals surface area contributed by atoms with Crippen LogP contribution in [0.5, 0.6) is 0 Å². The summed E-state index contributed by atoms with van der Waals surface area (Å²) in [6, 6.07) is 0.285. The maximum absolute atomic E-state index is 12.8. The topological polar surface area (TPSA) is 92.5 Å². The van der Waals surface area contributed by atoms with Crippen LogP contribution in [0.2, 0.25) is 0 Å². The average Bonchev–Trinajstić information content (AvgIpc) is 2.81. The number of amides is 3. The first kappa shape index (κ1) is 18.2. The van der Waals surface area contributed by atoms with E-state index in [9.17, 15) is 14.4 Å². The van der Waals surface area contributed by atoms with E-state index in [4.69, 9.17) is 5.73 Å². The molecule has 0 aromatic rings. The minimum Gasteiger partial charge on any atom is -0.368 e. The molecule has 1 aliphatic heterocycles. The van der Waals surface area contributed by atoms with Crippen molar-refractivity contribution in [2.45, 2.75) is 88.6 Å². The molecule has 1 heterocycles. The Hall–Kier alpha value is -1.59. The summed E-state index contributed by atoms with van der Waals surface area (Å²) in [5.74, 6) is -0.881. The summed E-state index contributed by atoms with van der Waals surface area (Å²) in [6.07, 6.45) is 11.3. The lowest BCUT2D eigenvalue weighted by Gasteiger charge is -2.36. The highest BCUT2D eigenvalue weighted by Gasteiger charge is 2.43. The standard InChI is InChI=1S/C19H31N3O3/c20-18(25)19(10-6-3-7-11-19)21-17(24)14-12-16(23)22(13-14)15-8-4-1-2-5-9-15/h14-15H,1-13H2,(H2,20,25)(H,21,24)/t14-/m1/s1. The van der Waals surface area contributed by atoms with E-state index < -0.39 is 11.4 Å². The van der Waals surface area contributed by atoms with Gasteiger partial charge in [0.05, 0.1) is 5.92 Å². The van der Waals surface area contributed by atoms with Crippen molar-refractivity contribution in [1.82, 2.24) is 10.2 Å². The maximum atomic E-state index is 12.8. The second-order valence-electron chi connectivity index (χ2n) is 8.09. The van der Waals surface area contributed by atoms with Gasteiger partial charge >= 0.3 is 0 Å². The van der Waals surface area contributed by atoms with Crippen molar-refractivity contribution < 1.29 is 14.4 Å². The van der Waals surface area contributed by atoms with Gasteiger partial charge in [-0.1, -0.05) is 44.9 Å². The number of carbonyl (C=O) groups is 3. The summed E-state index contributed by atoms with van der Waals surface area (Å²) < 4.78 is 0. The first-order valence-corrected chi connectivity index (χ1v) is 9.93. The van der Waals surface area contributed by atoms with Crippen molar-refractivity contribution in [2.24, 2.45) is 11.7 Å². The molecule has 0 spiro atoms. The van der Waals surface area contributed by atoms with Crippen LogP contribution in [-0.4, -0.2) is 40.7 Å². The number of hydrogen-bond donors (Lipinski definition) is 2. The molecule has 3 rings (SSSR count). The highest BCUT2D eigenvalue weighted by Crippen LogP contribution is 2.31. The largest absolute Gasteiger partial charge is 0.368 e. The minimum absolute atomic E-state index is 0.0869. The zero-order valence-electron chi connectivity index (χ0n) is 15.1. The van der Waals surface area contributed by atoms with Crippen LogP contribution >= 0.6 is 0 Å². The zero-order valence-corrected chi connectivity index (χ0v) is 15.1. The van der Waals surface area contributed by atoms with Crippen LogP contribution in [0.1, 0.15) is 77.0 Å². The third-order valence-corrected chi connectivity index (χ3v) is 6.34. The van der Waals surface area contributed by atoms with Crippen molar-refractivity contribution in [2.75, 3.05) is 6.54 Å². The molecule has 6 heteroatoms. The van der Waals surface area contributed by atoms with E-state index in [2.05, 4.69) is 5.32 Å². The molecule has 2 saturated carbocycles. The molecule has 140 valence electrons. The molecule has 3 aliphatic rings. The van der Waals surface area contributed by atoms with Crippen LogP contribution in [0.25, 0.3) is 0 Å². The molecule has 3 amide bonds. The van der Waals surface area contributed by atoms with E-state index in [0.717, 1.165) is 44.9 Å². The predicted molar refractivity (Wildman–Crippen MR) is 94.5 cm³/mol. The summed E-state index contributed by atoms with van der Waals surface area (Å²) in [6.45, 7) is 0.490. The molecule has 25 heavy (non-hydrogen) atoms. The normalized spacial score (nSPS) is 27.8. The Balaban J connectivity index is 1.62. The van der Waals surface area contributed by atoms with Gasteiger partial charge in [-0.15, -0.1) is 0 Å². The number of carbonyl (C=O) groups excluding carboxylic acids is 3. The first-order valence-electron chi connectivity index (χ1n) is 9.93. The Morgan fingerprint density at radius 2 is 1.60 bits per heavy atom. The Labute approximate surface area is 149 Å². The van der Waals surface area contributed by atoms with Gasteiger partial charge in [0.1, 0.15) is 5.54 Å². The predicted octanol–water partition coefficient (Wildman–Crippen LogP) is 1.86. The number of likely N-dealkylation sites (tertiary alicyclic amines) is 1. The van der Waals surface area contributed by atoms with E-state index >= 15 is 0 Å². The Morgan fingerprint density at radius 3 is 2.20 bits per heavy atom. The molecule has 3 N–H and O–H groups in total. The fourth-order valence-corrected chi connectivity index (χ4v) is 4.76. The summed E-state index contributed by atoms with van der Waals surface area (Å²) in [7, 11) is 0. The van der Waals surface area contributed by atoms with Crippen LogP contribution in [0, 0.1) is 5.92 Å². The third-order valence-electron chi connectivity index (χ3n) is 6.34. The number of nitrogens with two attached hydrogens (primary N) is 1. The first-order chi connectivity index (χ1) is 12.0. The van der Waals surface area contributed by atoms with Crippen molar-refractivity contribution >= 4 is 17.7 Å². The number of primary amides is 1. The molecular formula is C19H31N3O3. The summed E-state index contributed by atoms with van der Waals surface area (Å²) in [4.78, 5) is 39.1. The van der Waals surface area contributed by atoms with Gasteiger partial charge in [0, 0.05) is 19.0 Å². The van der Waals surface area contributed by atoms with Crippen molar-refractivity contribution in [3.05, 3.63) is 0 Å². The van der Waals surface area contributed by atoms with E-state index in [0.29, 0.717) is 19.4 Å². The summed E-state index contributed by atoms with van der Waals surface area (Å²) in [5.41, 5.74) is 4.70. The van der Waals surface area contributed by atoms with Gasteiger partial charge in [-0.25, -0.2) is 0 Å². The highest BCUT2D eigenvalue weighted by molar-refractivity contribution is 5.94. The van der Waals surface area contributed by atoms with E-state index in [1.807, 2.05) is 4.90 Å². The lowest BCUT2D eigenvalue weighted by molar-refractivity contribution is -0.135. The van der Waals surface area contributed by atoms with Gasteiger partial charge in [-0.2, -0.15) is 0 Å². The van der Waals surface area contributed by atoms with E-state index in [-0.39, 0.29) is 30.2 Å². The fourth-order valence-electron chi connectivity index (χ4n) is 4.76. The Bertz CT molecular complexity index is 520. The SMILES string of the molecule is NC(=O)C1(NC(=O)[C@@H]2CC(=O)N(C3CCCCCC3)C2)CCCCC1. The quantitative estimate of drug-likeness (QED) is 0.759. The molecule has 1 saturated heterocycles. The summed E-state index contributed by atoms with van der Waals surface area (Å²) in [5, 5.41) is 2.94. The molecule has 1 atom stereocenters. The lowest BCUT2D eigenvalue weighted by atomic mass is 9.80. The molecular weight excluding hydrogens is 318 g/mol. The van der Waals surface area contributed by atoms with Crippen molar-refractivity contribution in [1.29, 1.82) is 0 Å². The molecule has 0 radical (unpaired) electrons. The molecule has 2 aliphatic carbocycles. The van der Waals surface area contributed by atoms with Crippen LogP contribution in [0.3, 0.4) is 0 Å². The van der Waals surface area contributed by atoms with E-state index in [1.165, 1.54) is 12.8 Å². The molecule has 0 aromatic carbocycles. The van der Waals surface area contributed by atoms with E-state index in [1.54, 1.807) is 0 Å². The summed E-state index contributed by atoms with van der Waals surface area (Å²) >= 11 is 0. The van der Waals surface area contributed by atoms with Crippen molar-refractivity contribution in [3.8, 4) is 0 Å². The maximum Gasteiger partial charge on any atom is 0.243 e. The van der Waals surface area contributed by atoms with Crippen LogP contribution in [-0.2, 0) is 14.4 Å². The fraction of sp³-hybridized carbons (Fsp3) is 0.842. The average molecular weight is 349 g/mol. The van der Waals surface area contributed by atoms with Gasteiger partial charge < -0.3 is 16.0 Å². The van der Waals surface area contributed by atoms with Crippen molar-refractivity contribution in [3.63, 3.8) is 0 Å². The number of rotatable bonds is 4. The van der Waals surface area contributed by atoms with Gasteiger partial charge in [-0.3, -0.25) is 14.4 Å². The van der Waals surface area contributed by atoms with Gasteiger partial charge in [0.25, 0.3) is 0 Å². The molecule has 6 nitrogen and oxygen atoms in total. The molecule has 0 unspecified atom stereocenters. The van der Waals surface area contributed by atoms with Crippen LogP contribution in [0.15, 0.2) is 0 Å². The number of nitrogens with zero attached hydrogens (tertiary/aromatic N) is 1.